The molecule has 0 saturated heterocycles. The van der Waals surface area contributed by atoms with E-state index in [1.807, 2.05) is 14.0 Å². The molecule has 0 spiro atoms. The Kier molecular flexibility index (Phi) is 14.0. The number of carbonyl (C=O) groups excluding carboxylic acids is 1. The van der Waals surface area contributed by atoms with Gasteiger partial charge in [0.15, 0.2) is 0 Å². The van der Waals surface area contributed by atoms with Gasteiger partial charge in [-0.05, 0) is 33.4 Å². The molecule has 0 aromatic heterocycles. The van der Waals surface area contributed by atoms with Crippen molar-refractivity contribution in [2.24, 2.45) is 0 Å². The number of carbonyl (C=O) groups is 1. The Morgan fingerprint density at radius 1 is 0.889 bits per heavy atom. The molecule has 0 amide bonds. The number of ether oxygens (including phenoxy) is 1. The standard InChI is InChI=1S/C15H31NO2/c1-3-18-15(17)13-11-9-7-5-4-6-8-10-12-14-16-2/h16H,3-14H2,1-2H3. The summed E-state index contributed by atoms with van der Waals surface area (Å²) < 4.78 is 4.89. The van der Waals surface area contributed by atoms with Crippen molar-refractivity contribution in [3.05, 3.63) is 0 Å². The summed E-state index contributed by atoms with van der Waals surface area (Å²) in [4.78, 5) is 11.1. The second-order valence-electron chi connectivity index (χ2n) is 4.84. The highest BCUT2D eigenvalue weighted by Gasteiger charge is 2.00. The van der Waals surface area contributed by atoms with Gasteiger partial charge in [0.25, 0.3) is 0 Å². The fraction of sp³-hybridized carbons (Fsp3) is 0.933. The number of hydrogen-bond acceptors (Lipinski definition) is 3. The van der Waals surface area contributed by atoms with Gasteiger partial charge >= 0.3 is 5.97 Å². The van der Waals surface area contributed by atoms with Crippen LogP contribution in [0.4, 0.5) is 0 Å². The quantitative estimate of drug-likeness (QED) is 0.404. The average molecular weight is 257 g/mol. The topological polar surface area (TPSA) is 38.3 Å². The number of hydrogen-bond donors (Lipinski definition) is 1. The van der Waals surface area contributed by atoms with E-state index in [0.29, 0.717) is 13.0 Å². The SMILES string of the molecule is CCOC(=O)CCCCCCCCCCCNC. The summed E-state index contributed by atoms with van der Waals surface area (Å²) in [6.07, 6.45) is 12.0. The molecule has 0 atom stereocenters. The predicted molar refractivity (Wildman–Crippen MR) is 76.7 cm³/mol. The van der Waals surface area contributed by atoms with Crippen molar-refractivity contribution < 1.29 is 9.53 Å². The normalized spacial score (nSPS) is 10.6. The molecule has 0 bridgehead atoms. The monoisotopic (exact) mass is 257 g/mol. The van der Waals surface area contributed by atoms with Gasteiger partial charge in [-0.2, -0.15) is 0 Å². The third-order valence-corrected chi connectivity index (χ3v) is 3.11. The van der Waals surface area contributed by atoms with Crippen LogP contribution in [0.2, 0.25) is 0 Å². The first-order chi connectivity index (χ1) is 8.81. The van der Waals surface area contributed by atoms with Gasteiger partial charge in [-0.1, -0.05) is 44.9 Å². The second-order valence-corrected chi connectivity index (χ2v) is 4.84. The summed E-state index contributed by atoms with van der Waals surface area (Å²) in [5.41, 5.74) is 0. The van der Waals surface area contributed by atoms with Crippen LogP contribution in [0.25, 0.3) is 0 Å². The Balaban J connectivity index is 3.01. The fourth-order valence-corrected chi connectivity index (χ4v) is 2.04. The summed E-state index contributed by atoms with van der Waals surface area (Å²) in [7, 11) is 2.01. The van der Waals surface area contributed by atoms with Crippen LogP contribution in [0.1, 0.15) is 71.1 Å². The first-order valence-electron chi connectivity index (χ1n) is 7.61. The van der Waals surface area contributed by atoms with Crippen LogP contribution in [0.5, 0.6) is 0 Å². The van der Waals surface area contributed by atoms with Crippen molar-refractivity contribution in [1.82, 2.24) is 5.32 Å². The summed E-state index contributed by atoms with van der Waals surface area (Å²) in [5.74, 6) is -0.0398. The molecule has 108 valence electrons. The Morgan fingerprint density at radius 3 is 1.89 bits per heavy atom. The van der Waals surface area contributed by atoms with Crippen LogP contribution < -0.4 is 5.32 Å². The van der Waals surface area contributed by atoms with Crippen molar-refractivity contribution in [3.63, 3.8) is 0 Å². The molecular formula is C15H31NO2. The minimum Gasteiger partial charge on any atom is -0.466 e. The highest BCUT2D eigenvalue weighted by Crippen LogP contribution is 2.10. The van der Waals surface area contributed by atoms with Crippen molar-refractivity contribution in [2.75, 3.05) is 20.2 Å². The van der Waals surface area contributed by atoms with Gasteiger partial charge in [-0.3, -0.25) is 4.79 Å². The minimum atomic E-state index is -0.0398. The van der Waals surface area contributed by atoms with Crippen LogP contribution in [-0.4, -0.2) is 26.2 Å². The molecule has 0 fully saturated rings. The van der Waals surface area contributed by atoms with Crippen LogP contribution in [0.3, 0.4) is 0 Å². The van der Waals surface area contributed by atoms with E-state index in [0.717, 1.165) is 13.0 Å². The van der Waals surface area contributed by atoms with E-state index >= 15 is 0 Å². The van der Waals surface area contributed by atoms with Crippen molar-refractivity contribution >= 4 is 5.97 Å². The van der Waals surface area contributed by atoms with Gasteiger partial charge in [-0.15, -0.1) is 0 Å². The third-order valence-electron chi connectivity index (χ3n) is 3.11. The van der Waals surface area contributed by atoms with Gasteiger partial charge in [-0.25, -0.2) is 0 Å². The van der Waals surface area contributed by atoms with E-state index in [2.05, 4.69) is 5.32 Å². The highest BCUT2D eigenvalue weighted by atomic mass is 16.5. The molecule has 0 aliphatic heterocycles. The third kappa shape index (κ3) is 13.5. The zero-order valence-electron chi connectivity index (χ0n) is 12.3. The lowest BCUT2D eigenvalue weighted by atomic mass is 10.1. The molecule has 3 nitrogen and oxygen atoms in total. The fourth-order valence-electron chi connectivity index (χ4n) is 2.04. The van der Waals surface area contributed by atoms with E-state index in [4.69, 9.17) is 4.74 Å². The van der Waals surface area contributed by atoms with E-state index in [9.17, 15) is 4.79 Å². The van der Waals surface area contributed by atoms with Crippen LogP contribution in [-0.2, 0) is 9.53 Å². The van der Waals surface area contributed by atoms with E-state index in [-0.39, 0.29) is 5.97 Å². The molecule has 0 aromatic carbocycles. The molecule has 0 saturated carbocycles. The van der Waals surface area contributed by atoms with Crippen molar-refractivity contribution in [3.8, 4) is 0 Å². The van der Waals surface area contributed by atoms with Crippen LogP contribution >= 0.6 is 0 Å². The molecule has 18 heavy (non-hydrogen) atoms. The Morgan fingerprint density at radius 2 is 1.39 bits per heavy atom. The molecule has 0 rings (SSSR count). The molecule has 0 aliphatic rings. The van der Waals surface area contributed by atoms with Crippen LogP contribution in [0.15, 0.2) is 0 Å². The van der Waals surface area contributed by atoms with E-state index < -0.39 is 0 Å². The molecule has 0 aromatic rings. The molecular weight excluding hydrogens is 226 g/mol. The lowest BCUT2D eigenvalue weighted by Gasteiger charge is -2.03. The molecule has 3 heteroatoms. The summed E-state index contributed by atoms with van der Waals surface area (Å²) in [6.45, 7) is 3.51. The van der Waals surface area contributed by atoms with Crippen LogP contribution in [0, 0.1) is 0 Å². The Hall–Kier alpha value is -0.570. The van der Waals surface area contributed by atoms with Gasteiger partial charge in [0.2, 0.25) is 0 Å². The number of unbranched alkanes of at least 4 members (excludes halogenated alkanes) is 8. The van der Waals surface area contributed by atoms with Gasteiger partial charge in [0, 0.05) is 6.42 Å². The molecule has 0 radical (unpaired) electrons. The van der Waals surface area contributed by atoms with Gasteiger partial charge in [0.05, 0.1) is 6.61 Å². The maximum atomic E-state index is 11.1. The first-order valence-corrected chi connectivity index (χ1v) is 7.61. The Labute approximate surface area is 113 Å². The van der Waals surface area contributed by atoms with Crippen molar-refractivity contribution in [1.29, 1.82) is 0 Å². The summed E-state index contributed by atoms with van der Waals surface area (Å²) >= 11 is 0. The molecule has 0 aliphatic carbocycles. The summed E-state index contributed by atoms with van der Waals surface area (Å²) in [6, 6.07) is 0. The molecule has 1 N–H and O–H groups in total. The van der Waals surface area contributed by atoms with E-state index in [1.54, 1.807) is 0 Å². The second kappa shape index (κ2) is 14.5. The lowest BCUT2D eigenvalue weighted by Crippen LogP contribution is -2.06. The van der Waals surface area contributed by atoms with Gasteiger partial charge < -0.3 is 10.1 Å². The zero-order valence-corrected chi connectivity index (χ0v) is 12.3. The Bertz CT molecular complexity index is 183. The number of rotatable bonds is 13. The largest absolute Gasteiger partial charge is 0.466 e. The minimum absolute atomic E-state index is 0.0398. The number of esters is 1. The smallest absolute Gasteiger partial charge is 0.305 e. The van der Waals surface area contributed by atoms with Gasteiger partial charge in [0.1, 0.15) is 0 Å². The predicted octanol–water partition coefficient (Wildman–Crippen LogP) is 3.67. The van der Waals surface area contributed by atoms with Crippen molar-refractivity contribution in [2.45, 2.75) is 71.1 Å². The zero-order chi connectivity index (χ0) is 13.5. The molecule has 0 unspecified atom stereocenters. The lowest BCUT2D eigenvalue weighted by molar-refractivity contribution is -0.143. The number of nitrogens with one attached hydrogen (secondary N) is 1. The maximum absolute atomic E-state index is 11.1. The first kappa shape index (κ1) is 17.4. The highest BCUT2D eigenvalue weighted by molar-refractivity contribution is 5.69. The van der Waals surface area contributed by atoms with E-state index in [1.165, 1.54) is 51.4 Å². The molecule has 0 heterocycles. The average Bonchev–Trinajstić information content (AvgIpc) is 2.36. The summed E-state index contributed by atoms with van der Waals surface area (Å²) in [5, 5.41) is 3.17. The maximum Gasteiger partial charge on any atom is 0.305 e.